The number of aromatic nitrogens is 1. The third-order valence-corrected chi connectivity index (χ3v) is 2.97. The molecule has 4 heteroatoms. The van der Waals surface area contributed by atoms with Gasteiger partial charge in [0.25, 0.3) is 5.91 Å². The van der Waals surface area contributed by atoms with E-state index in [1.807, 2.05) is 13.8 Å². The molecule has 1 aliphatic carbocycles. The predicted octanol–water partition coefficient (Wildman–Crippen LogP) is 2.48. The van der Waals surface area contributed by atoms with Crippen molar-refractivity contribution in [3.8, 4) is 0 Å². The minimum absolute atomic E-state index is 0.119. The van der Waals surface area contributed by atoms with Crippen molar-refractivity contribution in [1.29, 1.82) is 0 Å². The molecule has 1 heterocycles. The van der Waals surface area contributed by atoms with E-state index in [1.165, 1.54) is 25.0 Å². The van der Waals surface area contributed by atoms with Crippen LogP contribution in [0.5, 0.6) is 0 Å². The average molecular weight is 236 g/mol. The molecule has 2 rings (SSSR count). The largest absolute Gasteiger partial charge is 0.335 e. The number of amides is 1. The maximum Gasteiger partial charge on any atom is 0.272 e. The third-order valence-electron chi connectivity index (χ3n) is 2.97. The van der Waals surface area contributed by atoms with Gasteiger partial charge in [-0.15, -0.1) is 0 Å². The van der Waals surface area contributed by atoms with Crippen LogP contribution in [0.1, 0.15) is 37.2 Å². The van der Waals surface area contributed by atoms with Gasteiger partial charge in [0.1, 0.15) is 5.69 Å². The lowest BCUT2D eigenvalue weighted by molar-refractivity contribution is 0.0689. The monoisotopic (exact) mass is 236 g/mol. The average Bonchev–Trinajstić information content (AvgIpc) is 3.08. The summed E-state index contributed by atoms with van der Waals surface area (Å²) < 4.78 is 13.0. The highest BCUT2D eigenvalue weighted by atomic mass is 19.1. The highest BCUT2D eigenvalue weighted by molar-refractivity contribution is 5.92. The van der Waals surface area contributed by atoms with E-state index in [-0.39, 0.29) is 17.6 Å². The molecule has 0 bridgehead atoms. The number of carbonyl (C=O) groups excluding carboxylic acids is 1. The van der Waals surface area contributed by atoms with Gasteiger partial charge in [-0.05, 0) is 44.7 Å². The van der Waals surface area contributed by atoms with E-state index in [4.69, 9.17) is 0 Å². The fourth-order valence-corrected chi connectivity index (χ4v) is 1.78. The quantitative estimate of drug-likeness (QED) is 0.752. The molecular formula is C13H17FN2O. The summed E-state index contributed by atoms with van der Waals surface area (Å²) in [6.45, 7) is 4.70. The molecule has 0 aliphatic heterocycles. The SMILES string of the molecule is CC(C)N(CC1CC1)C(=O)c1cccc(F)n1. The van der Waals surface area contributed by atoms with Crippen molar-refractivity contribution in [3.63, 3.8) is 0 Å². The first kappa shape index (κ1) is 12.0. The number of hydrogen-bond acceptors (Lipinski definition) is 2. The molecule has 1 aromatic heterocycles. The van der Waals surface area contributed by atoms with E-state index < -0.39 is 5.95 Å². The second kappa shape index (κ2) is 4.82. The van der Waals surface area contributed by atoms with Crippen molar-refractivity contribution in [3.05, 3.63) is 29.8 Å². The maximum absolute atomic E-state index is 13.0. The molecule has 3 nitrogen and oxygen atoms in total. The zero-order chi connectivity index (χ0) is 12.4. The van der Waals surface area contributed by atoms with Crippen LogP contribution in [0.15, 0.2) is 18.2 Å². The lowest BCUT2D eigenvalue weighted by Crippen LogP contribution is -2.39. The van der Waals surface area contributed by atoms with Crippen molar-refractivity contribution in [2.24, 2.45) is 5.92 Å². The van der Waals surface area contributed by atoms with Crippen molar-refractivity contribution in [2.45, 2.75) is 32.7 Å². The first-order valence-electron chi connectivity index (χ1n) is 6.01. The Balaban J connectivity index is 2.14. The standard InChI is InChI=1S/C13H17FN2O/c1-9(2)16(8-10-6-7-10)13(17)11-4-3-5-12(14)15-11/h3-5,9-10H,6-8H2,1-2H3. The molecule has 0 radical (unpaired) electrons. The van der Waals surface area contributed by atoms with E-state index in [2.05, 4.69) is 4.98 Å². The summed E-state index contributed by atoms with van der Waals surface area (Å²) in [5, 5.41) is 0. The molecular weight excluding hydrogens is 219 g/mol. The smallest absolute Gasteiger partial charge is 0.272 e. The van der Waals surface area contributed by atoms with Crippen molar-refractivity contribution >= 4 is 5.91 Å². The Hall–Kier alpha value is -1.45. The lowest BCUT2D eigenvalue weighted by atomic mass is 10.2. The van der Waals surface area contributed by atoms with Gasteiger partial charge >= 0.3 is 0 Å². The normalized spacial score (nSPS) is 15.1. The first-order chi connectivity index (χ1) is 8.08. The summed E-state index contributed by atoms with van der Waals surface area (Å²) in [5.41, 5.74) is 0.194. The van der Waals surface area contributed by atoms with Crippen LogP contribution in [0.25, 0.3) is 0 Å². The molecule has 1 aromatic rings. The molecule has 0 unspecified atom stereocenters. The molecule has 0 spiro atoms. The highest BCUT2D eigenvalue weighted by Gasteiger charge is 2.29. The Kier molecular flexibility index (Phi) is 3.41. The molecule has 1 fully saturated rings. The van der Waals surface area contributed by atoms with Gasteiger partial charge in [0.05, 0.1) is 0 Å². The van der Waals surface area contributed by atoms with Crippen LogP contribution in [-0.4, -0.2) is 28.4 Å². The van der Waals surface area contributed by atoms with Crippen LogP contribution in [-0.2, 0) is 0 Å². The minimum atomic E-state index is -0.606. The summed E-state index contributed by atoms with van der Waals surface area (Å²) in [7, 11) is 0. The predicted molar refractivity (Wildman–Crippen MR) is 63.1 cm³/mol. The van der Waals surface area contributed by atoms with Crippen LogP contribution in [0, 0.1) is 11.9 Å². The summed E-state index contributed by atoms with van der Waals surface area (Å²) in [6.07, 6.45) is 2.38. The van der Waals surface area contributed by atoms with Crippen LogP contribution in [0.2, 0.25) is 0 Å². The molecule has 0 saturated heterocycles. The summed E-state index contributed by atoms with van der Waals surface area (Å²) >= 11 is 0. The molecule has 1 saturated carbocycles. The Morgan fingerprint density at radius 1 is 1.53 bits per heavy atom. The number of hydrogen-bond donors (Lipinski definition) is 0. The zero-order valence-electron chi connectivity index (χ0n) is 10.2. The van der Waals surface area contributed by atoms with Crippen LogP contribution in [0.4, 0.5) is 4.39 Å². The fraction of sp³-hybridized carbons (Fsp3) is 0.538. The lowest BCUT2D eigenvalue weighted by Gasteiger charge is -2.26. The van der Waals surface area contributed by atoms with Gasteiger partial charge in [0.2, 0.25) is 5.95 Å². The highest BCUT2D eigenvalue weighted by Crippen LogP contribution is 2.30. The number of rotatable bonds is 4. The minimum Gasteiger partial charge on any atom is -0.335 e. The number of halogens is 1. The third kappa shape index (κ3) is 3.02. The number of carbonyl (C=O) groups is 1. The second-order valence-electron chi connectivity index (χ2n) is 4.84. The summed E-state index contributed by atoms with van der Waals surface area (Å²) in [5.74, 6) is -0.160. The van der Waals surface area contributed by atoms with Crippen molar-refractivity contribution in [1.82, 2.24) is 9.88 Å². The topological polar surface area (TPSA) is 33.2 Å². The van der Waals surface area contributed by atoms with Gasteiger partial charge in [-0.3, -0.25) is 4.79 Å². The molecule has 0 N–H and O–H groups in total. The van der Waals surface area contributed by atoms with E-state index in [0.717, 1.165) is 6.54 Å². The van der Waals surface area contributed by atoms with Crippen LogP contribution >= 0.6 is 0 Å². The number of pyridine rings is 1. The van der Waals surface area contributed by atoms with Gasteiger partial charge in [-0.25, -0.2) is 4.98 Å². The molecule has 0 atom stereocenters. The number of nitrogens with zero attached hydrogens (tertiary/aromatic N) is 2. The molecule has 0 aromatic carbocycles. The Morgan fingerprint density at radius 2 is 2.24 bits per heavy atom. The molecule has 92 valence electrons. The van der Waals surface area contributed by atoms with Gasteiger partial charge in [0.15, 0.2) is 0 Å². The van der Waals surface area contributed by atoms with Crippen molar-refractivity contribution in [2.75, 3.05) is 6.54 Å². The first-order valence-corrected chi connectivity index (χ1v) is 6.01. The Bertz CT molecular complexity index is 416. The Morgan fingerprint density at radius 3 is 2.76 bits per heavy atom. The summed E-state index contributed by atoms with van der Waals surface area (Å²) in [6, 6.07) is 4.45. The zero-order valence-corrected chi connectivity index (χ0v) is 10.2. The van der Waals surface area contributed by atoms with Gasteiger partial charge in [0, 0.05) is 12.6 Å². The molecule has 1 aliphatic rings. The Labute approximate surface area is 101 Å². The van der Waals surface area contributed by atoms with E-state index in [1.54, 1.807) is 11.0 Å². The summed E-state index contributed by atoms with van der Waals surface area (Å²) in [4.78, 5) is 17.6. The van der Waals surface area contributed by atoms with Gasteiger partial charge < -0.3 is 4.90 Å². The van der Waals surface area contributed by atoms with E-state index in [9.17, 15) is 9.18 Å². The maximum atomic E-state index is 13.0. The van der Waals surface area contributed by atoms with E-state index in [0.29, 0.717) is 5.92 Å². The van der Waals surface area contributed by atoms with E-state index >= 15 is 0 Å². The molecule has 1 amide bonds. The second-order valence-corrected chi connectivity index (χ2v) is 4.84. The van der Waals surface area contributed by atoms with Gasteiger partial charge in [-0.2, -0.15) is 4.39 Å². The van der Waals surface area contributed by atoms with Crippen LogP contribution < -0.4 is 0 Å². The van der Waals surface area contributed by atoms with Gasteiger partial charge in [-0.1, -0.05) is 6.07 Å². The molecule has 17 heavy (non-hydrogen) atoms. The van der Waals surface area contributed by atoms with Crippen molar-refractivity contribution < 1.29 is 9.18 Å². The van der Waals surface area contributed by atoms with Crippen LogP contribution in [0.3, 0.4) is 0 Å². The fourth-order valence-electron chi connectivity index (χ4n) is 1.78.